The number of hydrogen-bond acceptors (Lipinski definition) is 0. The Balaban J connectivity index is 2.10. The molecule has 0 radical (unpaired) electrons. The molecule has 1 fully saturated rings. The average Bonchev–Trinajstić information content (AvgIpc) is 2.54. The van der Waals surface area contributed by atoms with Crippen molar-refractivity contribution in [2.45, 2.75) is 19.0 Å². The quantitative estimate of drug-likeness (QED) is 0.630. The van der Waals surface area contributed by atoms with E-state index in [0.29, 0.717) is 0 Å². The van der Waals surface area contributed by atoms with Crippen LogP contribution >= 0.6 is 6.89 Å². The van der Waals surface area contributed by atoms with Gasteiger partial charge in [0.1, 0.15) is 0 Å². The Bertz CT molecular complexity index is 303. The molecule has 0 aromatic heterocycles. The lowest BCUT2D eigenvalue weighted by Gasteiger charge is -2.17. The highest BCUT2D eigenvalue weighted by molar-refractivity contribution is 7.73. The standard InChI is InChI=1S/C12H17P/c1-13(9-5-6-10-13)11-12-7-3-2-4-8-12/h2-4,7-8H,1,5-6,9-11H2. The Hall–Kier alpha value is -0.480. The molecule has 0 bridgehead atoms. The minimum Gasteiger partial charge on any atom is -0.108 e. The molecule has 0 unspecified atom stereocenters. The summed E-state index contributed by atoms with van der Waals surface area (Å²) >= 11 is 0. The molecule has 0 saturated carbocycles. The highest BCUT2D eigenvalue weighted by Crippen LogP contribution is 2.54. The van der Waals surface area contributed by atoms with Crippen LogP contribution < -0.4 is 0 Å². The molecule has 1 saturated heterocycles. The van der Waals surface area contributed by atoms with Gasteiger partial charge in [0, 0.05) is 0 Å². The molecule has 1 heteroatoms. The van der Waals surface area contributed by atoms with E-state index in [-0.39, 0.29) is 0 Å². The van der Waals surface area contributed by atoms with E-state index in [0.717, 1.165) is 0 Å². The predicted octanol–water partition coefficient (Wildman–Crippen LogP) is 3.43. The molecule has 1 heterocycles. The normalized spacial score (nSPS) is 20.3. The van der Waals surface area contributed by atoms with Gasteiger partial charge in [0.15, 0.2) is 0 Å². The predicted molar refractivity (Wildman–Crippen MR) is 63.2 cm³/mol. The summed E-state index contributed by atoms with van der Waals surface area (Å²) in [6, 6.07) is 10.8. The molecule has 70 valence electrons. The van der Waals surface area contributed by atoms with Crippen LogP contribution in [0.5, 0.6) is 0 Å². The minimum absolute atomic E-state index is 0.792. The lowest BCUT2D eigenvalue weighted by molar-refractivity contribution is 0.949. The van der Waals surface area contributed by atoms with Crippen molar-refractivity contribution in [1.82, 2.24) is 0 Å². The highest BCUT2D eigenvalue weighted by Gasteiger charge is 2.19. The van der Waals surface area contributed by atoms with E-state index < -0.39 is 6.89 Å². The molecule has 13 heavy (non-hydrogen) atoms. The Kier molecular flexibility index (Phi) is 2.60. The summed E-state index contributed by atoms with van der Waals surface area (Å²) in [5, 5.41) is 0. The van der Waals surface area contributed by atoms with E-state index in [1.165, 1.54) is 36.9 Å². The number of benzene rings is 1. The molecule has 0 spiro atoms. The van der Waals surface area contributed by atoms with Crippen LogP contribution in [0.3, 0.4) is 0 Å². The molecule has 0 N–H and O–H groups in total. The monoisotopic (exact) mass is 192 g/mol. The van der Waals surface area contributed by atoms with Gasteiger partial charge in [-0.05, 0) is 36.9 Å². The smallest absolute Gasteiger partial charge is 0.00794 e. The molecule has 1 aromatic rings. The van der Waals surface area contributed by atoms with Crippen molar-refractivity contribution in [3.63, 3.8) is 0 Å². The molecule has 2 rings (SSSR count). The van der Waals surface area contributed by atoms with Crippen LogP contribution in [-0.4, -0.2) is 18.6 Å². The first kappa shape index (κ1) is 9.09. The van der Waals surface area contributed by atoms with Gasteiger partial charge in [-0.3, -0.25) is 0 Å². The highest BCUT2D eigenvalue weighted by atomic mass is 31.2. The summed E-state index contributed by atoms with van der Waals surface area (Å²) in [6.45, 7) is -0.792. The van der Waals surface area contributed by atoms with E-state index in [2.05, 4.69) is 36.6 Å². The minimum atomic E-state index is -0.792. The Morgan fingerprint density at radius 1 is 1.08 bits per heavy atom. The second-order valence-electron chi connectivity index (χ2n) is 4.14. The van der Waals surface area contributed by atoms with Crippen molar-refractivity contribution in [3.8, 4) is 0 Å². The van der Waals surface area contributed by atoms with Gasteiger partial charge < -0.3 is 0 Å². The molecule has 0 aliphatic carbocycles. The van der Waals surface area contributed by atoms with E-state index >= 15 is 0 Å². The van der Waals surface area contributed by atoms with E-state index in [4.69, 9.17) is 0 Å². The van der Waals surface area contributed by atoms with Gasteiger partial charge in [0.05, 0.1) is 0 Å². The van der Waals surface area contributed by atoms with Crippen LogP contribution in [0.15, 0.2) is 30.3 Å². The SMILES string of the molecule is C=P1(Cc2ccccc2)CCCC1. The third-order valence-electron chi connectivity index (χ3n) is 2.88. The van der Waals surface area contributed by atoms with E-state index in [9.17, 15) is 0 Å². The fourth-order valence-electron chi connectivity index (χ4n) is 2.14. The van der Waals surface area contributed by atoms with Gasteiger partial charge in [-0.25, -0.2) is 0 Å². The van der Waals surface area contributed by atoms with Gasteiger partial charge in [0.25, 0.3) is 0 Å². The third kappa shape index (κ3) is 2.25. The van der Waals surface area contributed by atoms with Crippen molar-refractivity contribution >= 4 is 13.2 Å². The lowest BCUT2D eigenvalue weighted by atomic mass is 10.2. The molecule has 0 atom stereocenters. The van der Waals surface area contributed by atoms with Crippen molar-refractivity contribution in [2.75, 3.05) is 12.3 Å². The first-order valence-electron chi connectivity index (χ1n) is 5.03. The maximum atomic E-state index is 4.48. The molecule has 0 nitrogen and oxygen atoms in total. The van der Waals surface area contributed by atoms with E-state index in [1.54, 1.807) is 0 Å². The van der Waals surface area contributed by atoms with Crippen LogP contribution in [0, 0.1) is 0 Å². The Morgan fingerprint density at radius 3 is 2.31 bits per heavy atom. The fourth-order valence-corrected chi connectivity index (χ4v) is 5.45. The van der Waals surface area contributed by atoms with Gasteiger partial charge in [-0.1, -0.05) is 30.3 Å². The maximum absolute atomic E-state index is 4.48. The van der Waals surface area contributed by atoms with Gasteiger partial charge in [-0.2, -0.15) is 0 Å². The van der Waals surface area contributed by atoms with E-state index in [1.807, 2.05) is 0 Å². The average molecular weight is 192 g/mol. The van der Waals surface area contributed by atoms with Crippen molar-refractivity contribution in [1.29, 1.82) is 0 Å². The zero-order valence-corrected chi connectivity index (χ0v) is 8.97. The topological polar surface area (TPSA) is 0 Å². The van der Waals surface area contributed by atoms with Crippen LogP contribution in [0.1, 0.15) is 18.4 Å². The summed E-state index contributed by atoms with van der Waals surface area (Å²) in [5.74, 6) is 0. The fraction of sp³-hybridized carbons (Fsp3) is 0.417. The summed E-state index contributed by atoms with van der Waals surface area (Å²) in [6.07, 6.45) is 11.4. The summed E-state index contributed by atoms with van der Waals surface area (Å²) < 4.78 is 0. The zero-order chi connectivity index (χ0) is 9.15. The maximum Gasteiger partial charge on any atom is -0.00794 e. The van der Waals surface area contributed by atoms with Gasteiger partial charge in [0.2, 0.25) is 0 Å². The molecular weight excluding hydrogens is 175 g/mol. The van der Waals surface area contributed by atoms with Gasteiger partial charge >= 0.3 is 0 Å². The molecule has 1 aromatic carbocycles. The van der Waals surface area contributed by atoms with Crippen molar-refractivity contribution in [2.24, 2.45) is 0 Å². The molecule has 0 amide bonds. The van der Waals surface area contributed by atoms with Crippen molar-refractivity contribution in [3.05, 3.63) is 35.9 Å². The first-order chi connectivity index (χ1) is 6.29. The summed E-state index contributed by atoms with van der Waals surface area (Å²) in [5.41, 5.74) is 1.49. The lowest BCUT2D eigenvalue weighted by Crippen LogP contribution is -1.90. The second kappa shape index (κ2) is 3.72. The largest absolute Gasteiger partial charge is 0.108 e. The molecule has 1 aliphatic rings. The van der Waals surface area contributed by atoms with Crippen molar-refractivity contribution < 1.29 is 0 Å². The second-order valence-corrected chi connectivity index (χ2v) is 8.03. The number of hydrogen-bond donors (Lipinski definition) is 0. The third-order valence-corrected chi connectivity index (χ3v) is 6.44. The zero-order valence-electron chi connectivity index (χ0n) is 8.08. The Morgan fingerprint density at radius 2 is 1.69 bits per heavy atom. The molecular formula is C12H17P. The van der Waals surface area contributed by atoms with Crippen LogP contribution in [0.4, 0.5) is 0 Å². The number of rotatable bonds is 2. The Labute approximate surface area is 81.0 Å². The van der Waals surface area contributed by atoms with Crippen LogP contribution in [-0.2, 0) is 6.16 Å². The molecule has 1 aliphatic heterocycles. The van der Waals surface area contributed by atoms with Crippen LogP contribution in [0.2, 0.25) is 0 Å². The van der Waals surface area contributed by atoms with Crippen LogP contribution in [0.25, 0.3) is 0 Å². The summed E-state index contributed by atoms with van der Waals surface area (Å²) in [7, 11) is 0. The summed E-state index contributed by atoms with van der Waals surface area (Å²) in [4.78, 5) is 0. The first-order valence-corrected chi connectivity index (χ1v) is 7.56. The van der Waals surface area contributed by atoms with Gasteiger partial charge in [-0.15, -0.1) is 13.2 Å².